The Labute approximate surface area is 67.0 Å². The fraction of sp³-hybridized carbons (Fsp3) is 0.143. The maximum atomic E-state index is 12.3. The van der Waals surface area contributed by atoms with Crippen LogP contribution in [-0.2, 0) is 4.74 Å². The third-order valence-corrected chi connectivity index (χ3v) is 1.28. The van der Waals surface area contributed by atoms with Crippen LogP contribution in [0.15, 0.2) is 16.9 Å². The summed E-state index contributed by atoms with van der Waals surface area (Å²) in [6.07, 6.45) is 0. The second-order valence-corrected chi connectivity index (χ2v) is 2.04. The van der Waals surface area contributed by atoms with Crippen molar-refractivity contribution < 1.29 is 13.9 Å². The van der Waals surface area contributed by atoms with E-state index in [0.29, 0.717) is 0 Å². The Kier molecular flexibility index (Phi) is 2.23. The van der Waals surface area contributed by atoms with Crippen molar-refractivity contribution in [2.45, 2.75) is 0 Å². The summed E-state index contributed by atoms with van der Waals surface area (Å²) in [5.74, 6) is -1.57. The Morgan fingerprint density at radius 2 is 2.25 bits per heavy atom. The first-order valence-electron chi connectivity index (χ1n) is 3.12. The normalized spacial score (nSPS) is 9.50. The average Bonchev–Trinajstić information content (AvgIpc) is 2.03. The van der Waals surface area contributed by atoms with Crippen LogP contribution in [0.2, 0.25) is 0 Å². The van der Waals surface area contributed by atoms with Gasteiger partial charge < -0.3 is 4.74 Å². The third-order valence-electron chi connectivity index (χ3n) is 1.28. The lowest BCUT2D eigenvalue weighted by molar-refractivity contribution is 0.0598. The third kappa shape index (κ3) is 1.50. The molecule has 0 bridgehead atoms. The fourth-order valence-electron chi connectivity index (χ4n) is 0.720. The number of aromatic nitrogens is 1. The first kappa shape index (κ1) is 8.45. The molecule has 0 fully saturated rings. The summed E-state index contributed by atoms with van der Waals surface area (Å²) >= 11 is 0. The zero-order valence-electron chi connectivity index (χ0n) is 6.26. The number of aromatic amines is 1. The van der Waals surface area contributed by atoms with Gasteiger partial charge in [-0.25, -0.2) is 4.79 Å². The molecule has 0 unspecified atom stereocenters. The van der Waals surface area contributed by atoms with E-state index in [1.807, 2.05) is 4.98 Å². The number of H-pyrrole nitrogens is 1. The Morgan fingerprint density at radius 3 is 2.75 bits per heavy atom. The zero-order chi connectivity index (χ0) is 9.14. The van der Waals surface area contributed by atoms with E-state index in [1.165, 1.54) is 0 Å². The van der Waals surface area contributed by atoms with E-state index < -0.39 is 17.5 Å². The monoisotopic (exact) mass is 171 g/mol. The van der Waals surface area contributed by atoms with Crippen LogP contribution in [0.3, 0.4) is 0 Å². The van der Waals surface area contributed by atoms with Crippen LogP contribution in [0.4, 0.5) is 4.39 Å². The zero-order valence-corrected chi connectivity index (χ0v) is 6.26. The van der Waals surface area contributed by atoms with Crippen molar-refractivity contribution in [2.24, 2.45) is 0 Å². The quantitative estimate of drug-likeness (QED) is 0.488. The topological polar surface area (TPSA) is 59.2 Å². The molecule has 1 aromatic heterocycles. The highest BCUT2D eigenvalue weighted by Gasteiger charge is 2.09. The van der Waals surface area contributed by atoms with Crippen LogP contribution >= 0.6 is 0 Å². The molecule has 5 heteroatoms. The molecule has 0 atom stereocenters. The molecule has 0 spiro atoms. The minimum atomic E-state index is -0.790. The predicted octanol–water partition coefficient (Wildman–Crippen LogP) is 0.301. The Hall–Kier alpha value is -1.65. The van der Waals surface area contributed by atoms with Gasteiger partial charge in [0.25, 0.3) is 5.56 Å². The summed E-state index contributed by atoms with van der Waals surface area (Å²) in [6, 6.07) is 2.05. The van der Waals surface area contributed by atoms with Crippen molar-refractivity contribution in [1.82, 2.24) is 4.98 Å². The number of hydrogen-bond donors (Lipinski definition) is 1. The minimum absolute atomic E-state index is 0.209. The SMILES string of the molecule is COC(=O)c1ccc(F)[nH]c1=O. The molecule has 4 nitrogen and oxygen atoms in total. The average molecular weight is 171 g/mol. The number of methoxy groups -OCH3 is 1. The second kappa shape index (κ2) is 3.17. The number of esters is 1. The second-order valence-electron chi connectivity index (χ2n) is 2.04. The summed E-state index contributed by atoms with van der Waals surface area (Å²) in [7, 11) is 1.14. The summed E-state index contributed by atoms with van der Waals surface area (Å²) in [5, 5.41) is 0. The van der Waals surface area contributed by atoms with Gasteiger partial charge in [0.15, 0.2) is 5.95 Å². The Balaban J connectivity index is 3.19. The summed E-state index contributed by atoms with van der Waals surface area (Å²) in [6.45, 7) is 0. The molecule has 12 heavy (non-hydrogen) atoms. The lowest BCUT2D eigenvalue weighted by Gasteiger charge is -1.96. The van der Waals surface area contributed by atoms with Crippen molar-refractivity contribution in [3.63, 3.8) is 0 Å². The number of hydrogen-bond acceptors (Lipinski definition) is 3. The standard InChI is InChI=1S/C7H6FNO3/c1-12-7(11)4-2-3-5(8)9-6(4)10/h2-3H,1H3,(H,9,10). The molecule has 0 aromatic carbocycles. The first-order chi connectivity index (χ1) is 5.65. The number of halogens is 1. The van der Waals surface area contributed by atoms with E-state index in [9.17, 15) is 14.0 Å². The molecule has 0 amide bonds. The molecule has 64 valence electrons. The molecule has 0 aliphatic carbocycles. The molecule has 1 N–H and O–H groups in total. The Morgan fingerprint density at radius 1 is 1.58 bits per heavy atom. The van der Waals surface area contributed by atoms with Crippen molar-refractivity contribution in [3.05, 3.63) is 34.0 Å². The van der Waals surface area contributed by atoms with Gasteiger partial charge in [-0.3, -0.25) is 9.78 Å². The molecule has 1 aromatic rings. The van der Waals surface area contributed by atoms with Gasteiger partial charge in [0.1, 0.15) is 5.56 Å². The maximum absolute atomic E-state index is 12.3. The largest absolute Gasteiger partial charge is 0.465 e. The molecule has 0 saturated heterocycles. The molecule has 0 aliphatic heterocycles. The van der Waals surface area contributed by atoms with E-state index in [4.69, 9.17) is 0 Å². The molecular formula is C7H6FNO3. The Bertz CT molecular complexity index is 358. The van der Waals surface area contributed by atoms with Crippen molar-refractivity contribution in [1.29, 1.82) is 0 Å². The van der Waals surface area contributed by atoms with E-state index in [2.05, 4.69) is 4.74 Å². The number of ether oxygens (including phenoxy) is 1. The number of pyridine rings is 1. The van der Waals surface area contributed by atoms with Crippen molar-refractivity contribution in [3.8, 4) is 0 Å². The van der Waals surface area contributed by atoms with Gasteiger partial charge in [0, 0.05) is 0 Å². The highest BCUT2D eigenvalue weighted by atomic mass is 19.1. The van der Waals surface area contributed by atoms with E-state index >= 15 is 0 Å². The van der Waals surface area contributed by atoms with Gasteiger partial charge in [-0.05, 0) is 12.1 Å². The van der Waals surface area contributed by atoms with Crippen LogP contribution in [-0.4, -0.2) is 18.1 Å². The van der Waals surface area contributed by atoms with Gasteiger partial charge in [-0.15, -0.1) is 0 Å². The molecule has 0 saturated carbocycles. The van der Waals surface area contributed by atoms with Crippen molar-refractivity contribution in [2.75, 3.05) is 7.11 Å². The van der Waals surface area contributed by atoms with Crippen molar-refractivity contribution >= 4 is 5.97 Å². The van der Waals surface area contributed by atoms with Crippen LogP contribution < -0.4 is 5.56 Å². The van der Waals surface area contributed by atoms with Crippen LogP contribution in [0.25, 0.3) is 0 Å². The molecule has 0 radical (unpaired) electrons. The number of nitrogens with one attached hydrogen (secondary N) is 1. The lowest BCUT2D eigenvalue weighted by Crippen LogP contribution is -2.19. The number of rotatable bonds is 1. The smallest absolute Gasteiger partial charge is 0.343 e. The van der Waals surface area contributed by atoms with Gasteiger partial charge in [0.05, 0.1) is 7.11 Å². The van der Waals surface area contributed by atoms with Gasteiger partial charge in [-0.2, -0.15) is 4.39 Å². The summed E-state index contributed by atoms with van der Waals surface area (Å²) in [5.41, 5.74) is -0.999. The highest BCUT2D eigenvalue weighted by molar-refractivity contribution is 5.88. The molecule has 0 aliphatic rings. The molecule has 1 heterocycles. The summed E-state index contributed by atoms with van der Waals surface area (Å²) in [4.78, 5) is 23.5. The maximum Gasteiger partial charge on any atom is 0.343 e. The van der Waals surface area contributed by atoms with Gasteiger partial charge in [-0.1, -0.05) is 0 Å². The molecule has 1 rings (SSSR count). The summed E-state index contributed by atoms with van der Waals surface area (Å²) < 4.78 is 16.6. The van der Waals surface area contributed by atoms with Crippen LogP contribution in [0, 0.1) is 5.95 Å². The molecular weight excluding hydrogens is 165 g/mol. The van der Waals surface area contributed by atoms with E-state index in [-0.39, 0.29) is 5.56 Å². The van der Waals surface area contributed by atoms with E-state index in [1.54, 1.807) is 0 Å². The number of carbonyl (C=O) groups excluding carboxylic acids is 1. The van der Waals surface area contributed by atoms with Gasteiger partial charge >= 0.3 is 5.97 Å². The van der Waals surface area contributed by atoms with E-state index in [0.717, 1.165) is 19.2 Å². The fourth-order valence-corrected chi connectivity index (χ4v) is 0.720. The number of carbonyl (C=O) groups is 1. The predicted molar refractivity (Wildman–Crippen MR) is 38.4 cm³/mol. The van der Waals surface area contributed by atoms with Gasteiger partial charge in [0.2, 0.25) is 0 Å². The highest BCUT2D eigenvalue weighted by Crippen LogP contribution is 1.94. The first-order valence-corrected chi connectivity index (χ1v) is 3.12. The van der Waals surface area contributed by atoms with Crippen LogP contribution in [0.5, 0.6) is 0 Å². The van der Waals surface area contributed by atoms with Crippen LogP contribution in [0.1, 0.15) is 10.4 Å². The minimum Gasteiger partial charge on any atom is -0.465 e. The lowest BCUT2D eigenvalue weighted by atomic mass is 10.3.